The molecule has 2 aromatic heterocycles. The fourth-order valence-corrected chi connectivity index (χ4v) is 2.17. The maximum Gasteiger partial charge on any atom is 0.0771 e. The maximum atomic E-state index is 3.07. The van der Waals surface area contributed by atoms with E-state index in [2.05, 4.69) is 23.3 Å². The Bertz CT molecular complexity index is 450. The van der Waals surface area contributed by atoms with Crippen LogP contribution in [0.3, 0.4) is 0 Å². The van der Waals surface area contributed by atoms with Gasteiger partial charge in [-0.15, -0.1) is 22.7 Å². The minimum absolute atomic E-state index is 1.11. The van der Waals surface area contributed by atoms with E-state index < -0.39 is 0 Å². The molecule has 0 aliphatic carbocycles. The molecule has 0 aliphatic rings. The van der Waals surface area contributed by atoms with E-state index in [0.717, 1.165) is 4.88 Å². The van der Waals surface area contributed by atoms with Crippen LogP contribution in [0, 0.1) is 11.8 Å². The summed E-state index contributed by atoms with van der Waals surface area (Å²) in [5.41, 5.74) is 0. The monoisotopic (exact) mass is 216 g/mol. The summed E-state index contributed by atoms with van der Waals surface area (Å²) in [6, 6.07) is 8.15. The highest BCUT2D eigenvalue weighted by atomic mass is 32.1. The smallest absolute Gasteiger partial charge is 0.0771 e. The Morgan fingerprint density at radius 1 is 1.07 bits per heavy atom. The van der Waals surface area contributed by atoms with E-state index in [-0.39, 0.29) is 0 Å². The summed E-state index contributed by atoms with van der Waals surface area (Å²) in [5.74, 6) is 6.09. The number of rotatable bonds is 1. The molecule has 0 aliphatic heterocycles. The normalized spacial score (nSPS) is 10.0. The average Bonchev–Trinajstić information content (AvgIpc) is 2.86. The van der Waals surface area contributed by atoms with E-state index in [4.69, 9.17) is 0 Å². The summed E-state index contributed by atoms with van der Waals surface area (Å²) in [6.45, 7) is 0. The summed E-state index contributed by atoms with van der Waals surface area (Å²) in [5, 5.41) is 4.10. The van der Waals surface area contributed by atoms with Crippen molar-refractivity contribution in [1.29, 1.82) is 0 Å². The van der Waals surface area contributed by atoms with E-state index in [9.17, 15) is 0 Å². The molecule has 0 nitrogen and oxygen atoms in total. The number of allylic oxidation sites excluding steroid dienone is 1. The van der Waals surface area contributed by atoms with Crippen molar-refractivity contribution in [2.45, 2.75) is 0 Å². The van der Waals surface area contributed by atoms with Gasteiger partial charge in [0.2, 0.25) is 0 Å². The number of hydrogen-bond donors (Lipinski definition) is 0. The van der Waals surface area contributed by atoms with Crippen molar-refractivity contribution >= 4 is 28.7 Å². The molecule has 0 unspecified atom stereocenters. The van der Waals surface area contributed by atoms with Crippen molar-refractivity contribution in [3.63, 3.8) is 0 Å². The van der Waals surface area contributed by atoms with Gasteiger partial charge < -0.3 is 0 Å². The molecule has 0 fully saturated rings. The van der Waals surface area contributed by atoms with Crippen LogP contribution in [-0.2, 0) is 0 Å². The van der Waals surface area contributed by atoms with Crippen molar-refractivity contribution in [1.82, 2.24) is 0 Å². The van der Waals surface area contributed by atoms with Gasteiger partial charge in [-0.05, 0) is 35.0 Å². The highest BCUT2D eigenvalue weighted by Crippen LogP contribution is 2.10. The first kappa shape index (κ1) is 9.26. The Balaban J connectivity index is 2.00. The van der Waals surface area contributed by atoms with Gasteiger partial charge in [-0.3, -0.25) is 0 Å². The maximum absolute atomic E-state index is 3.07. The van der Waals surface area contributed by atoms with Crippen molar-refractivity contribution in [3.8, 4) is 11.8 Å². The van der Waals surface area contributed by atoms with Gasteiger partial charge in [0.1, 0.15) is 0 Å². The molecular weight excluding hydrogens is 208 g/mol. The summed E-state index contributed by atoms with van der Waals surface area (Å²) < 4.78 is 0. The molecule has 0 atom stereocenters. The predicted molar refractivity (Wildman–Crippen MR) is 64.6 cm³/mol. The molecule has 2 heteroatoms. The first-order chi connectivity index (χ1) is 6.95. The molecule has 2 rings (SSSR count). The minimum Gasteiger partial charge on any atom is -0.144 e. The average molecular weight is 216 g/mol. The van der Waals surface area contributed by atoms with Crippen molar-refractivity contribution in [3.05, 3.63) is 50.9 Å². The number of hydrogen-bond acceptors (Lipinski definition) is 2. The molecule has 0 spiro atoms. The molecule has 0 bridgehead atoms. The third kappa shape index (κ3) is 2.59. The van der Waals surface area contributed by atoms with Gasteiger partial charge in [-0.2, -0.15) is 0 Å². The summed E-state index contributed by atoms with van der Waals surface area (Å²) in [7, 11) is 0. The van der Waals surface area contributed by atoms with Gasteiger partial charge in [0, 0.05) is 4.88 Å². The Labute approximate surface area is 91.5 Å². The van der Waals surface area contributed by atoms with Crippen LogP contribution in [-0.4, -0.2) is 0 Å². The predicted octanol–water partition coefficient (Wildman–Crippen LogP) is 3.87. The van der Waals surface area contributed by atoms with Crippen LogP contribution in [0.15, 0.2) is 41.1 Å². The number of thiophene rings is 2. The summed E-state index contributed by atoms with van der Waals surface area (Å²) >= 11 is 3.38. The third-order valence-corrected chi connectivity index (χ3v) is 3.21. The Morgan fingerprint density at radius 2 is 1.93 bits per heavy atom. The summed E-state index contributed by atoms with van der Waals surface area (Å²) in [4.78, 5) is 2.35. The van der Waals surface area contributed by atoms with Crippen molar-refractivity contribution < 1.29 is 0 Å². The van der Waals surface area contributed by atoms with Crippen LogP contribution in [0.1, 0.15) is 9.75 Å². The zero-order valence-electron chi connectivity index (χ0n) is 7.44. The lowest BCUT2D eigenvalue weighted by Gasteiger charge is -1.77. The first-order valence-corrected chi connectivity index (χ1v) is 5.96. The van der Waals surface area contributed by atoms with Crippen LogP contribution in [0.5, 0.6) is 0 Å². The molecule has 68 valence electrons. The fraction of sp³-hybridized carbons (Fsp3) is 0. The minimum atomic E-state index is 1.11. The van der Waals surface area contributed by atoms with Crippen molar-refractivity contribution in [2.24, 2.45) is 0 Å². The molecular formula is C12H8S2. The topological polar surface area (TPSA) is 0 Å². The molecule has 0 aromatic carbocycles. The van der Waals surface area contributed by atoms with Gasteiger partial charge in [0.15, 0.2) is 0 Å². The lowest BCUT2D eigenvalue weighted by molar-refractivity contribution is 1.93. The standard InChI is InChI=1S/C12H8S2/c1(5-11-7-3-9-13-11)2-6-12-8-4-10-14-12/h1,3-5,7-10H/b5-1+. The molecule has 2 aromatic rings. The zero-order valence-corrected chi connectivity index (χ0v) is 9.07. The van der Waals surface area contributed by atoms with Crippen LogP contribution in [0.4, 0.5) is 0 Å². The van der Waals surface area contributed by atoms with Crippen LogP contribution in [0.25, 0.3) is 6.08 Å². The fourth-order valence-electron chi connectivity index (χ4n) is 0.972. The third-order valence-electron chi connectivity index (χ3n) is 1.59. The molecule has 0 radical (unpaired) electrons. The molecule has 0 saturated heterocycles. The van der Waals surface area contributed by atoms with Gasteiger partial charge in [-0.25, -0.2) is 0 Å². The van der Waals surface area contributed by atoms with Gasteiger partial charge in [0.25, 0.3) is 0 Å². The van der Waals surface area contributed by atoms with Gasteiger partial charge in [0.05, 0.1) is 4.88 Å². The molecule has 14 heavy (non-hydrogen) atoms. The van der Waals surface area contributed by atoms with Gasteiger partial charge >= 0.3 is 0 Å². The highest BCUT2D eigenvalue weighted by Gasteiger charge is 1.83. The molecule has 0 saturated carbocycles. The highest BCUT2D eigenvalue weighted by molar-refractivity contribution is 7.11. The van der Waals surface area contributed by atoms with E-state index in [0.29, 0.717) is 0 Å². The van der Waals surface area contributed by atoms with Crippen LogP contribution >= 0.6 is 22.7 Å². The molecule has 2 heterocycles. The zero-order chi connectivity index (χ0) is 9.64. The quantitative estimate of drug-likeness (QED) is 0.635. The van der Waals surface area contributed by atoms with Crippen LogP contribution in [0.2, 0.25) is 0 Å². The van der Waals surface area contributed by atoms with E-state index in [1.807, 2.05) is 35.7 Å². The van der Waals surface area contributed by atoms with E-state index in [1.54, 1.807) is 22.7 Å². The second-order valence-corrected chi connectivity index (χ2v) is 4.52. The Kier molecular flexibility index (Phi) is 3.18. The van der Waals surface area contributed by atoms with E-state index >= 15 is 0 Å². The van der Waals surface area contributed by atoms with Crippen LogP contribution < -0.4 is 0 Å². The molecule has 0 amide bonds. The Hall–Kier alpha value is -1.30. The first-order valence-electron chi connectivity index (χ1n) is 4.20. The largest absolute Gasteiger partial charge is 0.144 e. The van der Waals surface area contributed by atoms with Crippen molar-refractivity contribution in [2.75, 3.05) is 0 Å². The molecule has 0 N–H and O–H groups in total. The SMILES string of the molecule is C(#Cc1cccs1)/C=C/c1cccs1. The van der Waals surface area contributed by atoms with E-state index in [1.165, 1.54) is 4.88 Å². The Morgan fingerprint density at radius 3 is 2.64 bits per heavy atom. The van der Waals surface area contributed by atoms with Gasteiger partial charge in [-0.1, -0.05) is 24.0 Å². The summed E-state index contributed by atoms with van der Waals surface area (Å²) in [6.07, 6.45) is 3.93. The lowest BCUT2D eigenvalue weighted by Crippen LogP contribution is -1.58. The lowest BCUT2D eigenvalue weighted by atomic mass is 10.4. The second-order valence-electron chi connectivity index (χ2n) is 2.60. The second kappa shape index (κ2) is 4.80.